The van der Waals surface area contributed by atoms with Crippen LogP contribution in [-0.4, -0.2) is 60.4 Å². The van der Waals surface area contributed by atoms with Gasteiger partial charge in [0.15, 0.2) is 11.6 Å². The van der Waals surface area contributed by atoms with Crippen molar-refractivity contribution < 1.29 is 23.1 Å². The Labute approximate surface area is 225 Å². The normalized spacial score (nSPS) is 15.7. The Hall–Kier alpha value is -3.00. The maximum absolute atomic E-state index is 14.4. The molecule has 2 aromatic carbocycles. The number of nitrogens with zero attached hydrogens (tertiary/aromatic N) is 3. The smallest absolute Gasteiger partial charge is 0.254 e. The molecule has 0 aromatic heterocycles. The maximum Gasteiger partial charge on any atom is 0.254 e. The molecule has 3 rings (SSSR count). The number of fused-ring (bicyclic) bond motifs is 1. The minimum absolute atomic E-state index is 0.0616. The number of rotatable bonds is 6. The van der Waals surface area contributed by atoms with Crippen molar-refractivity contribution in [3.8, 4) is 5.75 Å². The van der Waals surface area contributed by atoms with Gasteiger partial charge in [0.25, 0.3) is 5.91 Å². The van der Waals surface area contributed by atoms with E-state index in [1.165, 1.54) is 0 Å². The van der Waals surface area contributed by atoms with Gasteiger partial charge >= 0.3 is 0 Å². The molecule has 1 aliphatic heterocycles. The molecular formula is C30H41F2N3O3. The highest BCUT2D eigenvalue weighted by atomic mass is 19.2. The van der Waals surface area contributed by atoms with Crippen LogP contribution in [0.15, 0.2) is 36.4 Å². The largest absolute Gasteiger partial charge is 0.493 e. The molecule has 0 N–H and O–H groups in total. The van der Waals surface area contributed by atoms with Crippen LogP contribution in [0.1, 0.15) is 69.8 Å². The third-order valence-electron chi connectivity index (χ3n) is 6.78. The highest BCUT2D eigenvalue weighted by Gasteiger charge is 2.25. The molecule has 0 fully saturated rings. The second-order valence-corrected chi connectivity index (χ2v) is 10.6. The molecule has 38 heavy (non-hydrogen) atoms. The van der Waals surface area contributed by atoms with Crippen molar-refractivity contribution in [2.24, 2.45) is 5.92 Å². The molecular weight excluding hydrogens is 488 g/mol. The topological polar surface area (TPSA) is 53.1 Å². The first-order valence-corrected chi connectivity index (χ1v) is 13.6. The first kappa shape index (κ1) is 29.6. The molecule has 0 saturated carbocycles. The summed E-state index contributed by atoms with van der Waals surface area (Å²) in [6, 6.07) is 9.52. The van der Waals surface area contributed by atoms with Crippen LogP contribution in [-0.2, 0) is 11.3 Å². The molecule has 0 atom stereocenters. The molecule has 1 heterocycles. The number of hydrogen-bond acceptors (Lipinski definition) is 4. The molecule has 0 unspecified atom stereocenters. The lowest BCUT2D eigenvalue weighted by Gasteiger charge is -2.33. The van der Waals surface area contributed by atoms with Crippen molar-refractivity contribution in [1.82, 2.24) is 9.80 Å². The quantitative estimate of drug-likeness (QED) is 0.468. The third kappa shape index (κ3) is 7.76. The first-order chi connectivity index (χ1) is 18.1. The zero-order valence-corrected chi connectivity index (χ0v) is 23.3. The minimum Gasteiger partial charge on any atom is -0.493 e. The zero-order valence-electron chi connectivity index (χ0n) is 23.3. The molecule has 0 aliphatic carbocycles. The molecule has 0 saturated heterocycles. The highest BCUT2D eigenvalue weighted by molar-refractivity contribution is 5.95. The van der Waals surface area contributed by atoms with Gasteiger partial charge in [0, 0.05) is 56.8 Å². The number of anilines is 1. The summed E-state index contributed by atoms with van der Waals surface area (Å²) in [6.45, 7) is 13.2. The van der Waals surface area contributed by atoms with E-state index in [2.05, 4.69) is 32.6 Å². The standard InChI is InChI=1S/C30H41F2N3O3/c1-6-29(36)35-16-8-14-33(22(4)5)13-7-15-34(19-24-17-26(31)27(32)18-28(24)35)30(37)23-9-11-25(12-10-23)38-20-21(2)3/h9-12,17-18,21-22H,6-8,13-16,19-20H2,1-5H3. The van der Waals surface area contributed by atoms with E-state index in [-0.39, 0.29) is 24.8 Å². The van der Waals surface area contributed by atoms with E-state index in [0.717, 1.165) is 31.6 Å². The number of ether oxygens (including phenoxy) is 1. The van der Waals surface area contributed by atoms with Crippen molar-refractivity contribution in [1.29, 1.82) is 0 Å². The SMILES string of the molecule is CCC(=O)N1CCCN(C(C)C)CCCN(C(=O)c2ccc(OCC(C)C)cc2)Cc2cc(F)c(F)cc21. The zero-order chi connectivity index (χ0) is 27.8. The number of carbonyl (C=O) groups excluding carboxylic acids is 2. The molecule has 208 valence electrons. The summed E-state index contributed by atoms with van der Waals surface area (Å²) in [6.07, 6.45) is 1.67. The van der Waals surface area contributed by atoms with Gasteiger partial charge in [-0.3, -0.25) is 9.59 Å². The lowest BCUT2D eigenvalue weighted by atomic mass is 10.1. The molecule has 0 radical (unpaired) electrons. The van der Waals surface area contributed by atoms with Gasteiger partial charge in [-0.25, -0.2) is 8.78 Å². The van der Waals surface area contributed by atoms with E-state index in [0.29, 0.717) is 60.6 Å². The van der Waals surface area contributed by atoms with Gasteiger partial charge in [-0.2, -0.15) is 0 Å². The van der Waals surface area contributed by atoms with Gasteiger partial charge in [-0.15, -0.1) is 0 Å². The average molecular weight is 530 g/mol. The molecule has 2 aromatic rings. The summed E-state index contributed by atoms with van der Waals surface area (Å²) < 4.78 is 34.6. The third-order valence-corrected chi connectivity index (χ3v) is 6.78. The summed E-state index contributed by atoms with van der Waals surface area (Å²) in [7, 11) is 0. The average Bonchev–Trinajstić information content (AvgIpc) is 2.88. The van der Waals surface area contributed by atoms with Crippen molar-refractivity contribution in [3.05, 3.63) is 59.2 Å². The van der Waals surface area contributed by atoms with E-state index < -0.39 is 11.6 Å². The predicted octanol–water partition coefficient (Wildman–Crippen LogP) is 5.89. The summed E-state index contributed by atoms with van der Waals surface area (Å²) in [4.78, 5) is 32.1. The Morgan fingerprint density at radius 2 is 1.55 bits per heavy atom. The van der Waals surface area contributed by atoms with Crippen LogP contribution in [0.4, 0.5) is 14.5 Å². The molecule has 0 spiro atoms. The second kappa shape index (κ2) is 13.7. The Kier molecular flexibility index (Phi) is 10.6. The summed E-state index contributed by atoms with van der Waals surface area (Å²) in [5.74, 6) is -1.31. The minimum atomic E-state index is -1.01. The van der Waals surface area contributed by atoms with Crippen molar-refractivity contribution in [2.45, 2.75) is 66.5 Å². The molecule has 6 nitrogen and oxygen atoms in total. The molecule has 8 heteroatoms. The fraction of sp³-hybridized carbons (Fsp3) is 0.533. The first-order valence-electron chi connectivity index (χ1n) is 13.6. The van der Waals surface area contributed by atoms with Gasteiger partial charge in [-0.1, -0.05) is 20.8 Å². The Morgan fingerprint density at radius 1 is 0.921 bits per heavy atom. The molecule has 0 bridgehead atoms. The van der Waals surface area contributed by atoms with E-state index in [4.69, 9.17) is 4.74 Å². The summed E-state index contributed by atoms with van der Waals surface area (Å²) in [5.41, 5.74) is 1.22. The Bertz CT molecular complexity index is 1090. The molecule has 2 amide bonds. The van der Waals surface area contributed by atoms with E-state index >= 15 is 0 Å². The predicted molar refractivity (Wildman–Crippen MR) is 146 cm³/mol. The Morgan fingerprint density at radius 3 is 2.16 bits per heavy atom. The number of amides is 2. The van der Waals surface area contributed by atoms with Gasteiger partial charge in [0.2, 0.25) is 5.91 Å². The van der Waals surface area contributed by atoms with Crippen LogP contribution in [0, 0.1) is 17.6 Å². The summed E-state index contributed by atoms with van der Waals surface area (Å²) in [5, 5.41) is 0. The fourth-order valence-corrected chi connectivity index (χ4v) is 4.65. The van der Waals surface area contributed by atoms with Crippen LogP contribution in [0.25, 0.3) is 0 Å². The fourth-order valence-electron chi connectivity index (χ4n) is 4.65. The second-order valence-electron chi connectivity index (χ2n) is 10.6. The van der Waals surface area contributed by atoms with Gasteiger partial charge < -0.3 is 19.4 Å². The maximum atomic E-state index is 14.4. The number of benzene rings is 2. The van der Waals surface area contributed by atoms with Crippen LogP contribution >= 0.6 is 0 Å². The van der Waals surface area contributed by atoms with Crippen LogP contribution in [0.3, 0.4) is 0 Å². The van der Waals surface area contributed by atoms with E-state index in [9.17, 15) is 18.4 Å². The van der Waals surface area contributed by atoms with Crippen LogP contribution in [0.5, 0.6) is 5.75 Å². The van der Waals surface area contributed by atoms with Gasteiger partial charge in [0.1, 0.15) is 5.75 Å². The monoisotopic (exact) mass is 529 g/mol. The Balaban J connectivity index is 1.98. The number of halogens is 2. The van der Waals surface area contributed by atoms with E-state index in [1.807, 2.05) is 0 Å². The van der Waals surface area contributed by atoms with Crippen LogP contribution < -0.4 is 9.64 Å². The van der Waals surface area contributed by atoms with Gasteiger partial charge in [0.05, 0.1) is 12.3 Å². The van der Waals surface area contributed by atoms with Crippen LogP contribution in [0.2, 0.25) is 0 Å². The summed E-state index contributed by atoms with van der Waals surface area (Å²) >= 11 is 0. The van der Waals surface area contributed by atoms with Crippen molar-refractivity contribution in [2.75, 3.05) is 37.7 Å². The van der Waals surface area contributed by atoms with Crippen molar-refractivity contribution >= 4 is 17.5 Å². The van der Waals surface area contributed by atoms with E-state index in [1.54, 1.807) is 41.0 Å². The lowest BCUT2D eigenvalue weighted by molar-refractivity contribution is -0.118. The lowest BCUT2D eigenvalue weighted by Crippen LogP contribution is -2.40. The number of carbonyl (C=O) groups is 2. The van der Waals surface area contributed by atoms with Crippen molar-refractivity contribution in [3.63, 3.8) is 0 Å². The number of hydrogen-bond donors (Lipinski definition) is 0. The van der Waals surface area contributed by atoms with Gasteiger partial charge in [-0.05, 0) is 68.5 Å². The highest BCUT2D eigenvalue weighted by Crippen LogP contribution is 2.28. The molecule has 1 aliphatic rings.